The summed E-state index contributed by atoms with van der Waals surface area (Å²) in [6.45, 7) is 7.84. The summed E-state index contributed by atoms with van der Waals surface area (Å²) in [5.74, 6) is 0.0921. The summed E-state index contributed by atoms with van der Waals surface area (Å²) in [6.07, 6.45) is 3.59. The van der Waals surface area contributed by atoms with Gasteiger partial charge in [-0.15, -0.1) is 0 Å². The molecule has 0 spiro atoms. The number of aromatic nitrogens is 2. The van der Waals surface area contributed by atoms with Gasteiger partial charge in [0.25, 0.3) is 5.91 Å². The molecule has 1 fully saturated rings. The SMILES string of the molecule is CC(C)N1CCN(C(=O)c2ccccc2-n2cccn2)CC1. The van der Waals surface area contributed by atoms with E-state index in [1.807, 2.05) is 41.4 Å². The molecule has 0 N–H and O–H groups in total. The van der Waals surface area contributed by atoms with Crippen LogP contribution in [0.2, 0.25) is 0 Å². The molecule has 22 heavy (non-hydrogen) atoms. The first-order valence-corrected chi connectivity index (χ1v) is 7.79. The van der Waals surface area contributed by atoms with E-state index in [-0.39, 0.29) is 5.91 Å². The lowest BCUT2D eigenvalue weighted by molar-refractivity contribution is 0.0595. The molecule has 0 atom stereocenters. The van der Waals surface area contributed by atoms with E-state index in [0.29, 0.717) is 11.6 Å². The average Bonchev–Trinajstić information content (AvgIpc) is 3.08. The highest BCUT2D eigenvalue weighted by Crippen LogP contribution is 2.17. The third kappa shape index (κ3) is 2.90. The van der Waals surface area contributed by atoms with Crippen molar-refractivity contribution in [3.05, 3.63) is 48.3 Å². The minimum Gasteiger partial charge on any atom is -0.336 e. The van der Waals surface area contributed by atoms with Crippen molar-refractivity contribution in [3.8, 4) is 5.69 Å². The molecule has 1 aromatic heterocycles. The molecule has 2 aromatic rings. The minimum absolute atomic E-state index is 0.0921. The van der Waals surface area contributed by atoms with Crippen molar-refractivity contribution in [1.82, 2.24) is 19.6 Å². The third-order valence-electron chi connectivity index (χ3n) is 4.22. The van der Waals surface area contributed by atoms with Crippen LogP contribution in [-0.2, 0) is 0 Å². The predicted molar refractivity (Wildman–Crippen MR) is 86.2 cm³/mol. The fraction of sp³-hybridized carbons (Fsp3) is 0.412. The van der Waals surface area contributed by atoms with Gasteiger partial charge in [0, 0.05) is 44.6 Å². The smallest absolute Gasteiger partial charge is 0.256 e. The van der Waals surface area contributed by atoms with E-state index in [9.17, 15) is 4.79 Å². The summed E-state index contributed by atoms with van der Waals surface area (Å²) < 4.78 is 1.75. The van der Waals surface area contributed by atoms with E-state index < -0.39 is 0 Å². The standard InChI is InChI=1S/C17H22N4O/c1-14(2)19-10-12-20(13-11-19)17(22)15-6-3-4-7-16(15)21-9-5-8-18-21/h3-9,14H,10-13H2,1-2H3. The Hall–Kier alpha value is -2.14. The number of para-hydroxylation sites is 1. The Balaban J connectivity index is 1.79. The minimum atomic E-state index is 0.0921. The number of piperazine rings is 1. The number of rotatable bonds is 3. The summed E-state index contributed by atoms with van der Waals surface area (Å²) in [5.41, 5.74) is 1.55. The molecule has 0 saturated carbocycles. The highest BCUT2D eigenvalue weighted by atomic mass is 16.2. The summed E-state index contributed by atoms with van der Waals surface area (Å²) in [7, 11) is 0. The van der Waals surface area contributed by atoms with Gasteiger partial charge >= 0.3 is 0 Å². The zero-order valence-corrected chi connectivity index (χ0v) is 13.1. The molecular weight excluding hydrogens is 276 g/mol. The first-order valence-electron chi connectivity index (χ1n) is 7.79. The van der Waals surface area contributed by atoms with Crippen molar-refractivity contribution in [1.29, 1.82) is 0 Å². The van der Waals surface area contributed by atoms with Crippen LogP contribution in [0.5, 0.6) is 0 Å². The van der Waals surface area contributed by atoms with Crippen LogP contribution in [0.25, 0.3) is 5.69 Å². The fourth-order valence-electron chi connectivity index (χ4n) is 2.88. The van der Waals surface area contributed by atoms with Crippen LogP contribution < -0.4 is 0 Å². The quantitative estimate of drug-likeness (QED) is 0.871. The molecule has 1 aliphatic heterocycles. The molecule has 1 amide bonds. The van der Waals surface area contributed by atoms with Crippen LogP contribution in [0.4, 0.5) is 0 Å². The summed E-state index contributed by atoms with van der Waals surface area (Å²) >= 11 is 0. The van der Waals surface area contributed by atoms with Crippen LogP contribution in [0.15, 0.2) is 42.7 Å². The molecule has 0 radical (unpaired) electrons. The van der Waals surface area contributed by atoms with E-state index >= 15 is 0 Å². The Morgan fingerprint density at radius 3 is 2.45 bits per heavy atom. The number of benzene rings is 1. The molecule has 2 heterocycles. The normalized spacial score (nSPS) is 16.2. The average molecular weight is 298 g/mol. The number of carbonyl (C=O) groups is 1. The molecule has 116 valence electrons. The number of hydrogen-bond acceptors (Lipinski definition) is 3. The first-order chi connectivity index (χ1) is 10.7. The van der Waals surface area contributed by atoms with Crippen molar-refractivity contribution < 1.29 is 4.79 Å². The monoisotopic (exact) mass is 298 g/mol. The zero-order chi connectivity index (χ0) is 15.5. The van der Waals surface area contributed by atoms with E-state index in [4.69, 9.17) is 0 Å². The molecule has 1 aromatic carbocycles. The van der Waals surface area contributed by atoms with Gasteiger partial charge < -0.3 is 4.90 Å². The van der Waals surface area contributed by atoms with Gasteiger partial charge in [-0.3, -0.25) is 9.69 Å². The fourth-order valence-corrected chi connectivity index (χ4v) is 2.88. The van der Waals surface area contributed by atoms with Crippen molar-refractivity contribution in [2.45, 2.75) is 19.9 Å². The molecular formula is C17H22N4O. The second-order valence-electron chi connectivity index (χ2n) is 5.89. The Morgan fingerprint density at radius 2 is 1.82 bits per heavy atom. The third-order valence-corrected chi connectivity index (χ3v) is 4.22. The highest BCUT2D eigenvalue weighted by Gasteiger charge is 2.25. The predicted octanol–water partition coefficient (Wildman–Crippen LogP) is 2.04. The van der Waals surface area contributed by atoms with E-state index in [0.717, 1.165) is 31.9 Å². The number of carbonyl (C=O) groups excluding carboxylic acids is 1. The van der Waals surface area contributed by atoms with Crippen LogP contribution in [0.3, 0.4) is 0 Å². The van der Waals surface area contributed by atoms with Crippen molar-refractivity contribution in [3.63, 3.8) is 0 Å². The second-order valence-corrected chi connectivity index (χ2v) is 5.89. The van der Waals surface area contributed by atoms with Crippen LogP contribution in [-0.4, -0.2) is 57.7 Å². The Morgan fingerprint density at radius 1 is 1.09 bits per heavy atom. The van der Waals surface area contributed by atoms with Crippen LogP contribution >= 0.6 is 0 Å². The van der Waals surface area contributed by atoms with E-state index in [2.05, 4.69) is 23.8 Å². The van der Waals surface area contributed by atoms with Crippen molar-refractivity contribution >= 4 is 5.91 Å². The van der Waals surface area contributed by atoms with E-state index in [1.165, 1.54) is 0 Å². The Kier molecular flexibility index (Phi) is 4.24. The van der Waals surface area contributed by atoms with Gasteiger partial charge in [-0.1, -0.05) is 12.1 Å². The number of amides is 1. The van der Waals surface area contributed by atoms with Crippen molar-refractivity contribution in [2.75, 3.05) is 26.2 Å². The molecule has 5 nitrogen and oxygen atoms in total. The van der Waals surface area contributed by atoms with Gasteiger partial charge in [-0.2, -0.15) is 5.10 Å². The number of nitrogens with zero attached hydrogens (tertiary/aromatic N) is 4. The molecule has 0 unspecified atom stereocenters. The summed E-state index contributed by atoms with van der Waals surface area (Å²) in [4.78, 5) is 17.2. The van der Waals surface area contributed by atoms with Gasteiger partial charge in [-0.05, 0) is 32.0 Å². The maximum absolute atomic E-state index is 12.9. The van der Waals surface area contributed by atoms with Gasteiger partial charge in [0.2, 0.25) is 0 Å². The zero-order valence-electron chi connectivity index (χ0n) is 13.1. The van der Waals surface area contributed by atoms with Gasteiger partial charge in [0.05, 0.1) is 11.3 Å². The van der Waals surface area contributed by atoms with Crippen LogP contribution in [0.1, 0.15) is 24.2 Å². The summed E-state index contributed by atoms with van der Waals surface area (Å²) in [5, 5.41) is 4.25. The Bertz CT molecular complexity index is 628. The van der Waals surface area contributed by atoms with E-state index in [1.54, 1.807) is 10.9 Å². The highest BCUT2D eigenvalue weighted by molar-refractivity contribution is 5.97. The van der Waals surface area contributed by atoms with Gasteiger partial charge in [0.1, 0.15) is 0 Å². The molecule has 3 rings (SSSR count). The summed E-state index contributed by atoms with van der Waals surface area (Å²) in [6, 6.07) is 10.1. The van der Waals surface area contributed by atoms with Gasteiger partial charge in [-0.25, -0.2) is 4.68 Å². The van der Waals surface area contributed by atoms with Crippen LogP contribution in [0, 0.1) is 0 Å². The lowest BCUT2D eigenvalue weighted by Crippen LogP contribution is -2.50. The molecule has 0 aliphatic carbocycles. The first kappa shape index (κ1) is 14.8. The lowest BCUT2D eigenvalue weighted by Gasteiger charge is -2.37. The number of hydrogen-bond donors (Lipinski definition) is 0. The molecule has 5 heteroatoms. The Labute approximate surface area is 131 Å². The lowest BCUT2D eigenvalue weighted by atomic mass is 10.1. The largest absolute Gasteiger partial charge is 0.336 e. The maximum atomic E-state index is 12.9. The van der Waals surface area contributed by atoms with Crippen molar-refractivity contribution in [2.24, 2.45) is 0 Å². The van der Waals surface area contributed by atoms with Gasteiger partial charge in [0.15, 0.2) is 0 Å². The maximum Gasteiger partial charge on any atom is 0.256 e. The second kappa shape index (κ2) is 6.32. The molecule has 1 aliphatic rings. The topological polar surface area (TPSA) is 41.4 Å². The molecule has 0 bridgehead atoms. The molecule has 1 saturated heterocycles.